The molecule has 0 radical (unpaired) electrons. The third-order valence-electron chi connectivity index (χ3n) is 4.46. The van der Waals surface area contributed by atoms with Crippen molar-refractivity contribution in [3.8, 4) is 0 Å². The maximum atomic E-state index is 11.8. The Balaban J connectivity index is 1.51. The lowest BCUT2D eigenvalue weighted by Gasteiger charge is -2.23. The van der Waals surface area contributed by atoms with Crippen molar-refractivity contribution in [1.82, 2.24) is 5.32 Å². The van der Waals surface area contributed by atoms with Crippen molar-refractivity contribution in [3.05, 3.63) is 35.9 Å². The van der Waals surface area contributed by atoms with Crippen molar-refractivity contribution in [3.63, 3.8) is 0 Å². The second-order valence-corrected chi connectivity index (χ2v) is 5.83. The topological polar surface area (TPSA) is 38.3 Å². The summed E-state index contributed by atoms with van der Waals surface area (Å²) >= 11 is 0. The fourth-order valence-electron chi connectivity index (χ4n) is 2.63. The van der Waals surface area contributed by atoms with Gasteiger partial charge in [0.1, 0.15) is 6.61 Å². The van der Waals surface area contributed by atoms with Crippen LogP contribution < -0.4 is 5.32 Å². The predicted octanol–water partition coefficient (Wildman–Crippen LogP) is 3.25. The first-order valence-corrected chi connectivity index (χ1v) is 6.63. The first-order valence-electron chi connectivity index (χ1n) is 6.63. The molecule has 1 N–H and O–H groups in total. The van der Waals surface area contributed by atoms with Gasteiger partial charge in [-0.3, -0.25) is 0 Å². The van der Waals surface area contributed by atoms with E-state index in [0.717, 1.165) is 18.4 Å². The maximum Gasteiger partial charge on any atom is 0.407 e. The monoisotopic (exact) mass is 245 g/mol. The van der Waals surface area contributed by atoms with E-state index in [1.165, 1.54) is 12.8 Å². The molecule has 1 amide bonds. The third kappa shape index (κ3) is 2.09. The molecule has 1 aromatic carbocycles. The molecule has 0 aliphatic heterocycles. The summed E-state index contributed by atoms with van der Waals surface area (Å²) in [6.07, 6.45) is 4.38. The van der Waals surface area contributed by atoms with E-state index >= 15 is 0 Å². The molecule has 0 heterocycles. The number of nitrogens with one attached hydrogen (secondary N) is 1. The smallest absolute Gasteiger partial charge is 0.407 e. The molecule has 0 spiro atoms. The van der Waals surface area contributed by atoms with Crippen molar-refractivity contribution in [2.24, 2.45) is 5.41 Å². The normalized spacial score (nSPS) is 22.1. The first kappa shape index (κ1) is 11.6. The zero-order valence-corrected chi connectivity index (χ0v) is 10.7. The average molecular weight is 245 g/mol. The van der Waals surface area contributed by atoms with Gasteiger partial charge in [0.15, 0.2) is 0 Å². The standard InChI is InChI=1S/C15H19NO2/c1-14(7-8-14)15(9-10-15)16-13(17)18-11-12-5-3-2-4-6-12/h2-6H,7-11H2,1H3,(H,16,17). The van der Waals surface area contributed by atoms with Crippen molar-refractivity contribution >= 4 is 6.09 Å². The van der Waals surface area contributed by atoms with Crippen LogP contribution in [0.5, 0.6) is 0 Å². The molecule has 0 saturated heterocycles. The van der Waals surface area contributed by atoms with E-state index in [0.29, 0.717) is 12.0 Å². The highest BCUT2D eigenvalue weighted by molar-refractivity contribution is 5.69. The molecule has 3 nitrogen and oxygen atoms in total. The maximum absolute atomic E-state index is 11.8. The van der Waals surface area contributed by atoms with Crippen molar-refractivity contribution in [1.29, 1.82) is 0 Å². The number of ether oxygens (including phenoxy) is 1. The van der Waals surface area contributed by atoms with Crippen LogP contribution in [-0.2, 0) is 11.3 Å². The van der Waals surface area contributed by atoms with Gasteiger partial charge in [-0.05, 0) is 36.7 Å². The third-order valence-corrected chi connectivity index (χ3v) is 4.46. The van der Waals surface area contributed by atoms with E-state index < -0.39 is 0 Å². The summed E-state index contributed by atoms with van der Waals surface area (Å²) in [5, 5.41) is 3.08. The van der Waals surface area contributed by atoms with Gasteiger partial charge < -0.3 is 10.1 Å². The summed E-state index contributed by atoms with van der Waals surface area (Å²) in [6.45, 7) is 2.61. The summed E-state index contributed by atoms with van der Waals surface area (Å²) in [4.78, 5) is 11.8. The Morgan fingerprint density at radius 2 is 1.89 bits per heavy atom. The highest BCUT2D eigenvalue weighted by atomic mass is 16.5. The van der Waals surface area contributed by atoms with E-state index in [1.54, 1.807) is 0 Å². The van der Waals surface area contributed by atoms with Crippen LogP contribution in [-0.4, -0.2) is 11.6 Å². The Kier molecular flexibility index (Phi) is 2.58. The van der Waals surface area contributed by atoms with Crippen LogP contribution in [0.1, 0.15) is 38.2 Å². The summed E-state index contributed by atoms with van der Waals surface area (Å²) < 4.78 is 5.28. The minimum absolute atomic E-state index is 0.0424. The number of amides is 1. The molecule has 0 aromatic heterocycles. The molecule has 96 valence electrons. The van der Waals surface area contributed by atoms with Crippen LogP contribution >= 0.6 is 0 Å². The molecule has 0 bridgehead atoms. The Morgan fingerprint density at radius 1 is 1.22 bits per heavy atom. The minimum atomic E-state index is -0.274. The highest BCUT2D eigenvalue weighted by Crippen LogP contribution is 2.63. The second-order valence-electron chi connectivity index (χ2n) is 5.83. The number of alkyl carbamates (subject to hydrolysis) is 1. The molecule has 2 saturated carbocycles. The number of benzene rings is 1. The van der Waals surface area contributed by atoms with Crippen LogP contribution in [0.2, 0.25) is 0 Å². The van der Waals surface area contributed by atoms with Gasteiger partial charge in [-0.2, -0.15) is 0 Å². The lowest BCUT2D eigenvalue weighted by Crippen LogP contribution is -2.43. The average Bonchev–Trinajstić information content (AvgIpc) is 3.27. The molecular weight excluding hydrogens is 226 g/mol. The van der Waals surface area contributed by atoms with E-state index in [1.807, 2.05) is 30.3 Å². The molecule has 2 fully saturated rings. The van der Waals surface area contributed by atoms with Crippen molar-refractivity contribution in [2.45, 2.75) is 44.8 Å². The molecule has 2 aliphatic carbocycles. The molecule has 1 aromatic rings. The lowest BCUT2D eigenvalue weighted by molar-refractivity contribution is 0.128. The summed E-state index contributed by atoms with van der Waals surface area (Å²) in [5.74, 6) is 0. The number of carbonyl (C=O) groups excluding carboxylic acids is 1. The van der Waals surface area contributed by atoms with Crippen LogP contribution in [0, 0.1) is 5.41 Å². The lowest BCUT2D eigenvalue weighted by atomic mass is 9.96. The second kappa shape index (κ2) is 4.01. The number of hydrogen-bond donors (Lipinski definition) is 1. The van der Waals surface area contributed by atoms with Crippen molar-refractivity contribution < 1.29 is 9.53 Å². The molecule has 2 aliphatic rings. The number of carbonyl (C=O) groups is 1. The van der Waals surface area contributed by atoms with Crippen LogP contribution in [0.3, 0.4) is 0 Å². The Hall–Kier alpha value is -1.51. The molecular formula is C15H19NO2. The van der Waals surface area contributed by atoms with Crippen LogP contribution in [0.4, 0.5) is 4.79 Å². The Labute approximate surface area is 108 Å². The van der Waals surface area contributed by atoms with E-state index in [4.69, 9.17) is 4.74 Å². The molecule has 3 heteroatoms. The van der Waals surface area contributed by atoms with Gasteiger partial charge in [0.05, 0.1) is 0 Å². The summed E-state index contributed by atoms with van der Waals surface area (Å²) in [6, 6.07) is 9.77. The van der Waals surface area contributed by atoms with Gasteiger partial charge >= 0.3 is 6.09 Å². The fraction of sp³-hybridized carbons (Fsp3) is 0.533. The van der Waals surface area contributed by atoms with E-state index in [-0.39, 0.29) is 11.6 Å². The van der Waals surface area contributed by atoms with Gasteiger partial charge in [-0.25, -0.2) is 4.79 Å². The molecule has 18 heavy (non-hydrogen) atoms. The Bertz CT molecular complexity index is 447. The van der Waals surface area contributed by atoms with Crippen molar-refractivity contribution in [2.75, 3.05) is 0 Å². The van der Waals surface area contributed by atoms with Crippen LogP contribution in [0.15, 0.2) is 30.3 Å². The number of hydrogen-bond acceptors (Lipinski definition) is 2. The van der Waals surface area contributed by atoms with Gasteiger partial charge in [-0.1, -0.05) is 37.3 Å². The predicted molar refractivity (Wildman–Crippen MR) is 69.1 cm³/mol. The van der Waals surface area contributed by atoms with E-state index in [9.17, 15) is 4.79 Å². The molecule has 0 atom stereocenters. The fourth-order valence-corrected chi connectivity index (χ4v) is 2.63. The van der Waals surface area contributed by atoms with Gasteiger partial charge in [-0.15, -0.1) is 0 Å². The SMILES string of the molecule is CC1(C2(NC(=O)OCc3ccccc3)CC2)CC1. The quantitative estimate of drug-likeness (QED) is 0.884. The van der Waals surface area contributed by atoms with Gasteiger partial charge in [0.2, 0.25) is 0 Å². The minimum Gasteiger partial charge on any atom is -0.445 e. The zero-order valence-electron chi connectivity index (χ0n) is 10.7. The van der Waals surface area contributed by atoms with Gasteiger partial charge in [0.25, 0.3) is 0 Å². The number of rotatable bonds is 4. The molecule has 3 rings (SSSR count). The highest BCUT2D eigenvalue weighted by Gasteiger charge is 2.63. The van der Waals surface area contributed by atoms with Gasteiger partial charge in [0, 0.05) is 5.54 Å². The summed E-state index contributed by atoms with van der Waals surface area (Å²) in [7, 11) is 0. The zero-order chi connectivity index (χ0) is 12.6. The first-order chi connectivity index (χ1) is 8.64. The van der Waals surface area contributed by atoms with E-state index in [2.05, 4.69) is 12.2 Å². The van der Waals surface area contributed by atoms with Crippen LogP contribution in [0.25, 0.3) is 0 Å². The largest absolute Gasteiger partial charge is 0.445 e. The summed E-state index contributed by atoms with van der Waals surface area (Å²) in [5.41, 5.74) is 1.40. The molecule has 0 unspecified atom stereocenters. The Morgan fingerprint density at radius 3 is 2.44 bits per heavy atom.